The summed E-state index contributed by atoms with van der Waals surface area (Å²) in [7, 11) is 1.70. The van der Waals surface area contributed by atoms with Gasteiger partial charge in [-0.2, -0.15) is 5.10 Å². The number of phenolic OH excluding ortho intramolecular Hbond substituents is 1. The van der Waals surface area contributed by atoms with Gasteiger partial charge in [0.05, 0.1) is 17.4 Å². The number of para-hydroxylation sites is 1. The number of nitrogens with zero attached hydrogens (tertiary/aromatic N) is 2. The summed E-state index contributed by atoms with van der Waals surface area (Å²) < 4.78 is 1.53. The van der Waals surface area contributed by atoms with Gasteiger partial charge in [0.2, 0.25) is 0 Å². The number of aromatic carboxylic acids is 1. The third kappa shape index (κ3) is 1.58. The number of H-pyrrole nitrogens is 1. The van der Waals surface area contributed by atoms with Gasteiger partial charge in [0.25, 0.3) is 0 Å². The molecule has 0 aliphatic carbocycles. The van der Waals surface area contributed by atoms with Crippen molar-refractivity contribution in [2.45, 2.75) is 6.92 Å². The van der Waals surface area contributed by atoms with Crippen LogP contribution in [-0.2, 0) is 7.05 Å². The number of fused-ring (bicyclic) bond motifs is 1. The molecule has 0 amide bonds. The van der Waals surface area contributed by atoms with Crippen molar-refractivity contribution in [2.24, 2.45) is 7.05 Å². The zero-order chi connectivity index (χ0) is 14.4. The van der Waals surface area contributed by atoms with Crippen molar-refractivity contribution < 1.29 is 15.0 Å². The van der Waals surface area contributed by atoms with Gasteiger partial charge in [0, 0.05) is 23.7 Å². The quantitative estimate of drug-likeness (QED) is 0.666. The van der Waals surface area contributed by atoms with Crippen LogP contribution in [0.1, 0.15) is 16.1 Å². The normalized spacial score (nSPS) is 11.1. The van der Waals surface area contributed by atoms with E-state index in [1.54, 1.807) is 19.2 Å². The topological polar surface area (TPSA) is 91.1 Å². The van der Waals surface area contributed by atoms with Gasteiger partial charge in [0.1, 0.15) is 11.3 Å². The Morgan fingerprint density at radius 1 is 1.40 bits per heavy atom. The summed E-state index contributed by atoms with van der Waals surface area (Å²) in [5, 5.41) is 24.0. The number of hydrogen-bond acceptors (Lipinski definition) is 3. The minimum atomic E-state index is -1.03. The van der Waals surface area contributed by atoms with E-state index in [1.165, 1.54) is 10.9 Å². The fourth-order valence-electron chi connectivity index (χ4n) is 2.53. The zero-order valence-electron chi connectivity index (χ0n) is 11.0. The van der Waals surface area contributed by atoms with E-state index in [1.807, 2.05) is 13.0 Å². The smallest absolute Gasteiger partial charge is 0.339 e. The van der Waals surface area contributed by atoms with Crippen LogP contribution >= 0.6 is 0 Å². The van der Waals surface area contributed by atoms with E-state index in [4.69, 9.17) is 0 Å². The Kier molecular flexibility index (Phi) is 2.53. The van der Waals surface area contributed by atoms with E-state index < -0.39 is 5.97 Å². The first kappa shape index (κ1) is 12.3. The van der Waals surface area contributed by atoms with Crippen LogP contribution in [0.3, 0.4) is 0 Å². The summed E-state index contributed by atoms with van der Waals surface area (Å²) in [6.07, 6.45) is 1.33. The number of nitrogens with one attached hydrogen (secondary N) is 1. The number of hydrogen-bond donors (Lipinski definition) is 3. The second-order valence-electron chi connectivity index (χ2n) is 4.66. The van der Waals surface area contributed by atoms with Gasteiger partial charge in [-0.25, -0.2) is 4.79 Å². The molecular weight excluding hydrogens is 258 g/mol. The lowest BCUT2D eigenvalue weighted by Gasteiger charge is -2.04. The van der Waals surface area contributed by atoms with E-state index >= 15 is 0 Å². The maximum atomic E-state index is 11.3. The Morgan fingerprint density at radius 2 is 2.15 bits per heavy atom. The number of aromatic amines is 1. The van der Waals surface area contributed by atoms with Crippen molar-refractivity contribution in [3.05, 3.63) is 35.7 Å². The summed E-state index contributed by atoms with van der Waals surface area (Å²) >= 11 is 0. The van der Waals surface area contributed by atoms with Gasteiger partial charge in [-0.05, 0) is 13.0 Å². The minimum Gasteiger partial charge on any atom is -0.506 e. The Bertz CT molecular complexity index is 830. The standard InChI is InChI=1S/C14H13N3O3/c1-7-11(8-4-3-5-10(18)12(8)16-7)13-9(14(19)20)6-15-17(13)2/h3-6,16,18H,1-2H3,(H,19,20). The Hall–Kier alpha value is -2.76. The largest absolute Gasteiger partial charge is 0.506 e. The SMILES string of the molecule is Cc1[nH]c2c(O)cccc2c1-c1c(C(=O)O)cnn1C. The van der Waals surface area contributed by atoms with Crippen LogP contribution in [-0.4, -0.2) is 30.9 Å². The average Bonchev–Trinajstić information content (AvgIpc) is 2.90. The van der Waals surface area contributed by atoms with Crippen LogP contribution < -0.4 is 0 Å². The molecule has 0 aliphatic heterocycles. The molecule has 0 fully saturated rings. The van der Waals surface area contributed by atoms with E-state index in [2.05, 4.69) is 10.1 Å². The summed E-state index contributed by atoms with van der Waals surface area (Å²) in [5.41, 5.74) is 2.78. The van der Waals surface area contributed by atoms with Crippen molar-refractivity contribution in [3.63, 3.8) is 0 Å². The highest BCUT2D eigenvalue weighted by Crippen LogP contribution is 2.36. The van der Waals surface area contributed by atoms with Crippen LogP contribution in [0.2, 0.25) is 0 Å². The number of carbonyl (C=O) groups is 1. The molecule has 0 aliphatic rings. The molecule has 0 bridgehead atoms. The number of aryl methyl sites for hydroxylation is 2. The first-order valence-corrected chi connectivity index (χ1v) is 6.06. The van der Waals surface area contributed by atoms with E-state index in [9.17, 15) is 15.0 Å². The number of aromatic nitrogens is 3. The van der Waals surface area contributed by atoms with Crippen molar-refractivity contribution in [1.29, 1.82) is 0 Å². The maximum absolute atomic E-state index is 11.3. The van der Waals surface area contributed by atoms with Gasteiger partial charge in [-0.1, -0.05) is 12.1 Å². The second kappa shape index (κ2) is 4.12. The monoisotopic (exact) mass is 271 g/mol. The molecule has 0 radical (unpaired) electrons. The molecule has 6 nitrogen and oxygen atoms in total. The molecule has 0 saturated carbocycles. The molecule has 0 saturated heterocycles. The molecule has 0 atom stereocenters. The second-order valence-corrected chi connectivity index (χ2v) is 4.66. The first-order valence-electron chi connectivity index (χ1n) is 6.06. The number of aromatic hydroxyl groups is 1. The molecule has 6 heteroatoms. The molecule has 3 rings (SSSR count). The number of benzene rings is 1. The number of carboxylic acids is 1. The van der Waals surface area contributed by atoms with Crippen molar-refractivity contribution in [3.8, 4) is 17.0 Å². The summed E-state index contributed by atoms with van der Waals surface area (Å²) in [4.78, 5) is 14.4. The Labute approximate surface area is 114 Å². The van der Waals surface area contributed by atoms with Gasteiger partial charge in [-0.3, -0.25) is 4.68 Å². The van der Waals surface area contributed by atoms with Crippen molar-refractivity contribution >= 4 is 16.9 Å². The number of phenols is 1. The molecule has 2 heterocycles. The molecular formula is C14H13N3O3. The molecule has 2 aromatic heterocycles. The van der Waals surface area contributed by atoms with E-state index in [0.717, 1.165) is 16.6 Å². The lowest BCUT2D eigenvalue weighted by molar-refractivity contribution is 0.0697. The number of rotatable bonds is 2. The van der Waals surface area contributed by atoms with Crippen LogP contribution in [0.4, 0.5) is 0 Å². The van der Waals surface area contributed by atoms with Crippen molar-refractivity contribution in [2.75, 3.05) is 0 Å². The highest BCUT2D eigenvalue weighted by Gasteiger charge is 2.22. The molecule has 3 aromatic rings. The Balaban J connectivity index is 2.41. The third-order valence-electron chi connectivity index (χ3n) is 3.41. The summed E-state index contributed by atoms with van der Waals surface area (Å²) in [6.45, 7) is 1.84. The van der Waals surface area contributed by atoms with Crippen LogP contribution in [0, 0.1) is 6.92 Å². The highest BCUT2D eigenvalue weighted by molar-refractivity contribution is 6.04. The maximum Gasteiger partial charge on any atom is 0.339 e. The summed E-state index contributed by atoms with van der Waals surface area (Å²) in [5.74, 6) is -0.891. The fraction of sp³-hybridized carbons (Fsp3) is 0.143. The third-order valence-corrected chi connectivity index (χ3v) is 3.41. The van der Waals surface area contributed by atoms with E-state index in [-0.39, 0.29) is 11.3 Å². The fourth-order valence-corrected chi connectivity index (χ4v) is 2.53. The van der Waals surface area contributed by atoms with Crippen molar-refractivity contribution in [1.82, 2.24) is 14.8 Å². The zero-order valence-corrected chi connectivity index (χ0v) is 11.0. The molecule has 0 unspecified atom stereocenters. The lowest BCUT2D eigenvalue weighted by atomic mass is 10.0. The predicted octanol–water partition coefficient (Wildman–Crippen LogP) is 2.28. The lowest BCUT2D eigenvalue weighted by Crippen LogP contribution is -2.01. The van der Waals surface area contributed by atoms with Gasteiger partial charge < -0.3 is 15.2 Å². The average molecular weight is 271 g/mol. The van der Waals surface area contributed by atoms with Crippen LogP contribution in [0.25, 0.3) is 22.2 Å². The van der Waals surface area contributed by atoms with Crippen LogP contribution in [0.15, 0.2) is 24.4 Å². The Morgan fingerprint density at radius 3 is 2.85 bits per heavy atom. The first-order chi connectivity index (χ1) is 9.50. The van der Waals surface area contributed by atoms with Crippen LogP contribution in [0.5, 0.6) is 5.75 Å². The molecule has 102 valence electrons. The molecule has 0 spiro atoms. The van der Waals surface area contributed by atoms with Gasteiger partial charge >= 0.3 is 5.97 Å². The number of carboxylic acid groups (broad SMARTS) is 1. The van der Waals surface area contributed by atoms with Gasteiger partial charge in [0.15, 0.2) is 0 Å². The molecule has 3 N–H and O–H groups in total. The van der Waals surface area contributed by atoms with E-state index in [0.29, 0.717) is 11.2 Å². The molecule has 1 aromatic carbocycles. The minimum absolute atomic E-state index is 0.135. The summed E-state index contributed by atoms with van der Waals surface area (Å²) in [6, 6.07) is 5.15. The van der Waals surface area contributed by atoms with Gasteiger partial charge in [-0.15, -0.1) is 0 Å². The predicted molar refractivity (Wildman–Crippen MR) is 73.9 cm³/mol. The highest BCUT2D eigenvalue weighted by atomic mass is 16.4. The molecule has 20 heavy (non-hydrogen) atoms.